The molecule has 2 aromatic heterocycles. The van der Waals surface area contributed by atoms with E-state index < -0.39 is 19.7 Å². The van der Waals surface area contributed by atoms with Crippen molar-refractivity contribution in [2.75, 3.05) is 17.8 Å². The molecule has 0 aliphatic heterocycles. The van der Waals surface area contributed by atoms with Gasteiger partial charge >= 0.3 is 0 Å². The monoisotopic (exact) mass is 416 g/mol. The molecular formula is C18H16N4O4S2. The summed E-state index contributed by atoms with van der Waals surface area (Å²) >= 11 is 0. The number of nitrogens with one attached hydrogen (secondary N) is 2. The van der Waals surface area contributed by atoms with Crippen LogP contribution in [0.5, 0.6) is 0 Å². The fraction of sp³-hybridized carbons (Fsp3) is 0.111. The zero-order chi connectivity index (χ0) is 20.1. The van der Waals surface area contributed by atoms with Crippen molar-refractivity contribution >= 4 is 53.0 Å². The summed E-state index contributed by atoms with van der Waals surface area (Å²) in [6.07, 6.45) is 3.84. The molecule has 0 saturated carbocycles. The van der Waals surface area contributed by atoms with Crippen molar-refractivity contribution in [2.45, 2.75) is 9.79 Å². The van der Waals surface area contributed by atoms with Crippen LogP contribution in [0.4, 0.5) is 11.5 Å². The first-order valence-electron chi connectivity index (χ1n) is 8.17. The number of aromatic amines is 1. The maximum absolute atomic E-state index is 12.2. The molecule has 144 valence electrons. The Bertz CT molecular complexity index is 1440. The van der Waals surface area contributed by atoms with Gasteiger partial charge < -0.3 is 5.32 Å². The fourth-order valence-corrected chi connectivity index (χ4v) is 4.63. The van der Waals surface area contributed by atoms with Gasteiger partial charge in [-0.1, -0.05) is 12.1 Å². The van der Waals surface area contributed by atoms with E-state index >= 15 is 0 Å². The van der Waals surface area contributed by atoms with Crippen molar-refractivity contribution in [3.8, 4) is 0 Å². The molecule has 0 radical (unpaired) electrons. The van der Waals surface area contributed by atoms with E-state index in [1.54, 1.807) is 30.5 Å². The number of fused-ring (bicyclic) bond motifs is 3. The largest absolute Gasteiger partial charge is 0.338 e. The highest BCUT2D eigenvalue weighted by Gasteiger charge is 2.18. The summed E-state index contributed by atoms with van der Waals surface area (Å²) in [6, 6.07) is 11.3. The average Bonchev–Trinajstić information content (AvgIpc) is 3.10. The minimum absolute atomic E-state index is 0.175. The Hall–Kier alpha value is -2.98. The van der Waals surface area contributed by atoms with Crippen LogP contribution in [0.3, 0.4) is 0 Å². The molecule has 28 heavy (non-hydrogen) atoms. The minimum Gasteiger partial charge on any atom is -0.338 e. The Morgan fingerprint density at radius 3 is 2.43 bits per heavy atom. The third-order valence-corrected chi connectivity index (χ3v) is 6.56. The lowest BCUT2D eigenvalue weighted by Crippen LogP contribution is -2.02. The second-order valence-corrected chi connectivity index (χ2v) is 10.5. The molecule has 0 amide bonds. The summed E-state index contributed by atoms with van der Waals surface area (Å²) in [5.41, 5.74) is 1.54. The topological polar surface area (TPSA) is 122 Å². The maximum Gasteiger partial charge on any atom is 0.176 e. The van der Waals surface area contributed by atoms with Crippen LogP contribution in [0, 0.1) is 0 Å². The van der Waals surface area contributed by atoms with E-state index in [0.29, 0.717) is 33.3 Å². The van der Waals surface area contributed by atoms with Crippen LogP contribution >= 0.6 is 0 Å². The Labute approximate surface area is 161 Å². The first-order valence-corrected chi connectivity index (χ1v) is 12.0. The van der Waals surface area contributed by atoms with E-state index in [9.17, 15) is 16.8 Å². The van der Waals surface area contributed by atoms with Gasteiger partial charge in [0, 0.05) is 29.0 Å². The number of rotatable bonds is 4. The summed E-state index contributed by atoms with van der Waals surface area (Å²) in [4.78, 5) is 4.90. The molecule has 0 atom stereocenters. The van der Waals surface area contributed by atoms with E-state index in [1.165, 1.54) is 18.2 Å². The van der Waals surface area contributed by atoms with E-state index in [0.717, 1.165) is 12.5 Å². The fourth-order valence-electron chi connectivity index (χ4n) is 3.06. The van der Waals surface area contributed by atoms with Gasteiger partial charge in [0.15, 0.2) is 25.5 Å². The third kappa shape index (κ3) is 3.20. The van der Waals surface area contributed by atoms with Gasteiger partial charge in [0.1, 0.15) is 5.52 Å². The van der Waals surface area contributed by atoms with Gasteiger partial charge in [0.2, 0.25) is 0 Å². The quantitative estimate of drug-likeness (QED) is 0.524. The van der Waals surface area contributed by atoms with Crippen LogP contribution in [0.1, 0.15) is 0 Å². The molecule has 10 heteroatoms. The van der Waals surface area contributed by atoms with Crippen LogP contribution in [-0.4, -0.2) is 44.5 Å². The van der Waals surface area contributed by atoms with Gasteiger partial charge in [0.05, 0.1) is 21.5 Å². The molecule has 0 bridgehead atoms. The number of H-pyrrole nitrogens is 1. The minimum atomic E-state index is -3.46. The van der Waals surface area contributed by atoms with Crippen LogP contribution < -0.4 is 5.32 Å². The van der Waals surface area contributed by atoms with Gasteiger partial charge in [0.25, 0.3) is 0 Å². The lowest BCUT2D eigenvalue weighted by atomic mass is 10.1. The molecular weight excluding hydrogens is 400 g/mol. The summed E-state index contributed by atoms with van der Waals surface area (Å²) in [6.45, 7) is 0. The number of pyridine rings is 1. The zero-order valence-electron chi connectivity index (χ0n) is 15.0. The molecule has 0 aliphatic carbocycles. The Morgan fingerprint density at radius 2 is 1.71 bits per heavy atom. The number of hydrogen-bond donors (Lipinski definition) is 2. The van der Waals surface area contributed by atoms with Crippen molar-refractivity contribution in [2.24, 2.45) is 0 Å². The smallest absolute Gasteiger partial charge is 0.176 e. The number of sulfone groups is 2. The normalized spacial score (nSPS) is 12.5. The highest BCUT2D eigenvalue weighted by Crippen LogP contribution is 2.33. The molecule has 2 N–H and O–H groups in total. The SMILES string of the molecule is CS(=O)(=O)c1cccc(Nc2nc3cccc(S(C)(=O)=O)c3c3cn[nH]c23)c1. The molecule has 0 spiro atoms. The number of benzene rings is 2. The van der Waals surface area contributed by atoms with Crippen LogP contribution in [0.25, 0.3) is 21.8 Å². The van der Waals surface area contributed by atoms with Crippen LogP contribution in [0.15, 0.2) is 58.5 Å². The lowest BCUT2D eigenvalue weighted by molar-refractivity contribution is 0.600. The summed E-state index contributed by atoms with van der Waals surface area (Å²) < 4.78 is 48.0. The molecule has 2 aromatic carbocycles. The maximum atomic E-state index is 12.2. The van der Waals surface area contributed by atoms with Crippen molar-refractivity contribution < 1.29 is 16.8 Å². The standard InChI is InChI=1S/C18H16N4O4S2/c1-27(23,24)12-6-3-5-11(9-12)20-18-17-13(10-19-22-17)16-14(21-18)7-4-8-15(16)28(2,25)26/h3-10H,1-2H3,(H,19,22)(H,20,21). The first-order chi connectivity index (χ1) is 13.1. The molecule has 0 unspecified atom stereocenters. The number of hydrogen-bond acceptors (Lipinski definition) is 7. The molecule has 0 aliphatic rings. The van der Waals surface area contributed by atoms with E-state index in [1.807, 2.05) is 0 Å². The Balaban J connectivity index is 1.93. The number of anilines is 2. The van der Waals surface area contributed by atoms with Gasteiger partial charge in [-0.05, 0) is 30.3 Å². The van der Waals surface area contributed by atoms with E-state index in [4.69, 9.17) is 0 Å². The van der Waals surface area contributed by atoms with E-state index in [2.05, 4.69) is 20.5 Å². The highest BCUT2D eigenvalue weighted by atomic mass is 32.2. The molecule has 0 saturated heterocycles. The summed E-state index contributed by atoms with van der Waals surface area (Å²) in [7, 11) is -6.81. The van der Waals surface area contributed by atoms with Gasteiger partial charge in [-0.2, -0.15) is 5.10 Å². The Kier molecular flexibility index (Phi) is 4.12. The van der Waals surface area contributed by atoms with E-state index in [-0.39, 0.29) is 9.79 Å². The second-order valence-electron chi connectivity index (χ2n) is 6.47. The molecule has 8 nitrogen and oxygen atoms in total. The van der Waals surface area contributed by atoms with Crippen molar-refractivity contribution in [3.05, 3.63) is 48.7 Å². The van der Waals surface area contributed by atoms with Crippen molar-refractivity contribution in [1.29, 1.82) is 0 Å². The predicted molar refractivity (Wildman–Crippen MR) is 107 cm³/mol. The third-order valence-electron chi connectivity index (χ3n) is 4.31. The second kappa shape index (κ2) is 6.28. The van der Waals surface area contributed by atoms with Gasteiger partial charge in [-0.3, -0.25) is 5.10 Å². The summed E-state index contributed by atoms with van der Waals surface area (Å²) in [5, 5.41) is 11.1. The number of nitrogens with zero attached hydrogens (tertiary/aromatic N) is 2. The molecule has 0 fully saturated rings. The molecule has 2 heterocycles. The lowest BCUT2D eigenvalue weighted by Gasteiger charge is -2.11. The molecule has 4 rings (SSSR count). The average molecular weight is 416 g/mol. The Morgan fingerprint density at radius 1 is 0.964 bits per heavy atom. The van der Waals surface area contributed by atoms with Gasteiger partial charge in [-0.15, -0.1) is 0 Å². The number of aromatic nitrogens is 3. The zero-order valence-corrected chi connectivity index (χ0v) is 16.6. The highest BCUT2D eigenvalue weighted by molar-refractivity contribution is 7.91. The van der Waals surface area contributed by atoms with Crippen LogP contribution in [0.2, 0.25) is 0 Å². The summed E-state index contributed by atoms with van der Waals surface area (Å²) in [5.74, 6) is 0.413. The molecule has 4 aromatic rings. The van der Waals surface area contributed by atoms with Crippen molar-refractivity contribution in [3.63, 3.8) is 0 Å². The first kappa shape index (κ1) is 18.4. The van der Waals surface area contributed by atoms with Crippen LogP contribution in [-0.2, 0) is 19.7 Å². The van der Waals surface area contributed by atoms with Crippen molar-refractivity contribution in [1.82, 2.24) is 15.2 Å². The van der Waals surface area contributed by atoms with Gasteiger partial charge in [-0.25, -0.2) is 21.8 Å². The predicted octanol–water partition coefficient (Wildman–Crippen LogP) is 2.66.